The first-order valence-electron chi connectivity index (χ1n) is 10.6. The summed E-state index contributed by atoms with van der Waals surface area (Å²) in [6.07, 6.45) is 0. The second kappa shape index (κ2) is 11.9. The maximum absolute atomic E-state index is 11.4. The lowest BCUT2D eigenvalue weighted by molar-refractivity contribution is -0.384. The van der Waals surface area contributed by atoms with Gasteiger partial charge in [0.15, 0.2) is 0 Å². The fourth-order valence-corrected chi connectivity index (χ4v) is 2.76. The smallest absolute Gasteiger partial charge is 0.333 e. The minimum atomic E-state index is -0.464. The number of rotatable bonds is 10. The molecule has 0 unspecified atom stereocenters. The lowest BCUT2D eigenvalue weighted by Gasteiger charge is -2.19. The largest absolute Gasteiger partial charge is 0.460 e. The zero-order chi connectivity index (χ0) is 25.2. The number of carbonyl (C=O) groups is 1. The van der Waals surface area contributed by atoms with Crippen LogP contribution in [0.2, 0.25) is 0 Å². The van der Waals surface area contributed by atoms with E-state index in [2.05, 4.69) is 27.0 Å². The van der Waals surface area contributed by atoms with Crippen LogP contribution >= 0.6 is 0 Å². The van der Waals surface area contributed by atoms with Gasteiger partial charge in [-0.3, -0.25) is 10.1 Å². The van der Waals surface area contributed by atoms with Crippen molar-refractivity contribution in [1.29, 1.82) is 0 Å². The van der Waals surface area contributed by atoms with E-state index in [1.165, 1.54) is 24.3 Å². The van der Waals surface area contributed by atoms with Gasteiger partial charge in [-0.25, -0.2) is 4.79 Å². The van der Waals surface area contributed by atoms with Crippen molar-refractivity contribution in [3.05, 3.63) is 95.1 Å². The molecule has 0 radical (unpaired) electrons. The third-order valence-electron chi connectivity index (χ3n) is 4.77. The highest BCUT2D eigenvalue weighted by atomic mass is 16.6. The molecule has 10 heteroatoms. The van der Waals surface area contributed by atoms with Crippen LogP contribution < -0.4 is 4.90 Å². The minimum Gasteiger partial charge on any atom is -0.460 e. The zero-order valence-corrected chi connectivity index (χ0v) is 19.4. The Bertz CT molecular complexity index is 1240. The van der Waals surface area contributed by atoms with E-state index in [0.29, 0.717) is 34.9 Å². The van der Waals surface area contributed by atoms with Crippen molar-refractivity contribution in [2.45, 2.75) is 6.92 Å². The summed E-state index contributed by atoms with van der Waals surface area (Å²) in [5.41, 5.74) is 3.81. The molecule has 3 aromatic carbocycles. The summed E-state index contributed by atoms with van der Waals surface area (Å²) in [5.74, 6) is -0.394. The Labute approximate surface area is 202 Å². The van der Waals surface area contributed by atoms with Crippen LogP contribution in [0.1, 0.15) is 6.92 Å². The van der Waals surface area contributed by atoms with Crippen LogP contribution in [-0.4, -0.2) is 31.1 Å². The quantitative estimate of drug-likeness (QED) is 0.104. The number of esters is 1. The molecule has 0 aliphatic rings. The molecular weight excluding hydrogens is 448 g/mol. The van der Waals surface area contributed by atoms with Crippen LogP contribution in [0.25, 0.3) is 0 Å². The second-order valence-corrected chi connectivity index (χ2v) is 7.54. The van der Waals surface area contributed by atoms with E-state index < -0.39 is 10.9 Å². The van der Waals surface area contributed by atoms with E-state index in [9.17, 15) is 14.9 Å². The van der Waals surface area contributed by atoms with Crippen molar-refractivity contribution in [2.75, 3.05) is 25.1 Å². The van der Waals surface area contributed by atoms with Gasteiger partial charge in [0.25, 0.3) is 5.69 Å². The average molecular weight is 473 g/mol. The Morgan fingerprint density at radius 1 is 0.857 bits per heavy atom. The van der Waals surface area contributed by atoms with Gasteiger partial charge in [0.1, 0.15) is 6.61 Å². The number of anilines is 1. The molecule has 3 rings (SSSR count). The highest BCUT2D eigenvalue weighted by Gasteiger charge is 2.06. The number of ether oxygens (including phenoxy) is 1. The third kappa shape index (κ3) is 7.67. The fourth-order valence-electron chi connectivity index (χ4n) is 2.76. The number of benzene rings is 3. The van der Waals surface area contributed by atoms with Crippen LogP contribution in [0.15, 0.2) is 105 Å². The summed E-state index contributed by atoms with van der Waals surface area (Å²) in [6, 6.07) is 20.4. The number of nitro groups is 1. The first-order chi connectivity index (χ1) is 16.8. The van der Waals surface area contributed by atoms with Crippen molar-refractivity contribution in [3.63, 3.8) is 0 Å². The zero-order valence-electron chi connectivity index (χ0n) is 19.4. The predicted molar refractivity (Wildman–Crippen MR) is 133 cm³/mol. The molecule has 10 nitrogen and oxygen atoms in total. The molecule has 0 aromatic heterocycles. The Kier molecular flexibility index (Phi) is 8.49. The van der Waals surface area contributed by atoms with Gasteiger partial charge in [-0.05, 0) is 67.6 Å². The summed E-state index contributed by atoms with van der Waals surface area (Å²) in [6.45, 7) is 5.99. The van der Waals surface area contributed by atoms with E-state index in [0.717, 1.165) is 5.69 Å². The summed E-state index contributed by atoms with van der Waals surface area (Å²) in [5, 5.41) is 27.4. The molecule has 0 N–H and O–H groups in total. The van der Waals surface area contributed by atoms with Gasteiger partial charge in [0.05, 0.1) is 34.2 Å². The van der Waals surface area contributed by atoms with Crippen LogP contribution in [-0.2, 0) is 9.53 Å². The summed E-state index contributed by atoms with van der Waals surface area (Å²) < 4.78 is 5.12. The number of nitro benzene ring substituents is 1. The number of azo groups is 2. The first-order valence-corrected chi connectivity index (χ1v) is 10.6. The summed E-state index contributed by atoms with van der Waals surface area (Å²) in [4.78, 5) is 23.6. The molecule has 0 bridgehead atoms. The van der Waals surface area contributed by atoms with Gasteiger partial charge in [0, 0.05) is 30.4 Å². The van der Waals surface area contributed by atoms with E-state index in [-0.39, 0.29) is 12.3 Å². The van der Waals surface area contributed by atoms with Gasteiger partial charge >= 0.3 is 5.97 Å². The molecule has 0 fully saturated rings. The topological polar surface area (TPSA) is 122 Å². The van der Waals surface area contributed by atoms with Crippen molar-refractivity contribution in [3.8, 4) is 0 Å². The second-order valence-electron chi connectivity index (χ2n) is 7.54. The lowest BCUT2D eigenvalue weighted by Crippen LogP contribution is -2.23. The van der Waals surface area contributed by atoms with Crippen LogP contribution in [0.5, 0.6) is 0 Å². The third-order valence-corrected chi connectivity index (χ3v) is 4.77. The average Bonchev–Trinajstić information content (AvgIpc) is 2.87. The molecule has 0 saturated heterocycles. The van der Waals surface area contributed by atoms with Gasteiger partial charge < -0.3 is 9.64 Å². The standard InChI is InChI=1S/C25H24N6O4/c1-18(2)25(32)35-17-16-30(3)23-12-8-21(9-13-23)28-26-19-4-6-20(7-5-19)27-29-22-10-14-24(15-11-22)31(33)34/h4-15H,1,16-17H2,2-3H3. The molecule has 0 aliphatic heterocycles. The number of hydrogen-bond acceptors (Lipinski definition) is 9. The van der Waals surface area contributed by atoms with Gasteiger partial charge in [-0.2, -0.15) is 20.5 Å². The molecule has 3 aromatic rings. The van der Waals surface area contributed by atoms with Crippen molar-refractivity contribution < 1.29 is 14.5 Å². The number of likely N-dealkylation sites (N-methyl/N-ethyl adjacent to an activating group) is 1. The van der Waals surface area contributed by atoms with Crippen LogP contribution in [0.4, 0.5) is 34.1 Å². The monoisotopic (exact) mass is 472 g/mol. The van der Waals surface area contributed by atoms with Crippen molar-refractivity contribution >= 4 is 40.1 Å². The van der Waals surface area contributed by atoms with Crippen LogP contribution in [0, 0.1) is 10.1 Å². The molecule has 0 amide bonds. The number of hydrogen-bond donors (Lipinski definition) is 0. The highest BCUT2D eigenvalue weighted by Crippen LogP contribution is 2.25. The minimum absolute atomic E-state index is 0.00179. The molecule has 178 valence electrons. The van der Waals surface area contributed by atoms with E-state index in [4.69, 9.17) is 4.74 Å². The van der Waals surface area contributed by atoms with Gasteiger partial charge in [-0.1, -0.05) is 6.58 Å². The lowest BCUT2D eigenvalue weighted by atomic mass is 10.2. The van der Waals surface area contributed by atoms with Gasteiger partial charge in [-0.15, -0.1) is 0 Å². The van der Waals surface area contributed by atoms with E-state index in [1.807, 2.05) is 36.2 Å². The number of nitrogens with zero attached hydrogens (tertiary/aromatic N) is 6. The predicted octanol–water partition coefficient (Wildman–Crippen LogP) is 6.98. The highest BCUT2D eigenvalue weighted by molar-refractivity contribution is 5.86. The molecule has 0 heterocycles. The molecule has 0 atom stereocenters. The Hall–Kier alpha value is -4.73. The van der Waals surface area contributed by atoms with Gasteiger partial charge in [0.2, 0.25) is 0 Å². The normalized spacial score (nSPS) is 11.0. The molecule has 35 heavy (non-hydrogen) atoms. The maximum Gasteiger partial charge on any atom is 0.333 e. The first kappa shape index (κ1) is 24.9. The molecule has 0 aliphatic carbocycles. The van der Waals surface area contributed by atoms with Crippen molar-refractivity contribution in [2.24, 2.45) is 20.5 Å². The fraction of sp³-hybridized carbons (Fsp3) is 0.160. The molecular formula is C25H24N6O4. The van der Waals surface area contributed by atoms with E-state index in [1.54, 1.807) is 31.2 Å². The van der Waals surface area contributed by atoms with Crippen LogP contribution in [0.3, 0.4) is 0 Å². The number of carbonyl (C=O) groups excluding carboxylic acids is 1. The number of non-ortho nitro benzene ring substituents is 1. The van der Waals surface area contributed by atoms with Crippen molar-refractivity contribution in [1.82, 2.24) is 0 Å². The Morgan fingerprint density at radius 3 is 1.66 bits per heavy atom. The maximum atomic E-state index is 11.4. The van der Waals surface area contributed by atoms with E-state index >= 15 is 0 Å². The Morgan fingerprint density at radius 2 is 1.26 bits per heavy atom. The molecule has 0 saturated carbocycles. The molecule has 0 spiro atoms. The summed E-state index contributed by atoms with van der Waals surface area (Å²) in [7, 11) is 1.91. The SMILES string of the molecule is C=C(C)C(=O)OCCN(C)c1ccc(N=Nc2ccc(N=Nc3ccc([N+](=O)[O-])cc3)cc2)cc1. The Balaban J connectivity index is 1.52. The summed E-state index contributed by atoms with van der Waals surface area (Å²) >= 11 is 0.